The molecule has 0 heterocycles. The summed E-state index contributed by atoms with van der Waals surface area (Å²) in [4.78, 5) is 23.8. The number of alkyl carbamates (subject to hydrolysis) is 1. The van der Waals surface area contributed by atoms with Crippen LogP contribution in [0.4, 0.5) is 10.5 Å². The standard InChI is InChI=1S/C27H37N3O6S/c1-19(2)17-30(37(34,35)23-14-12-22(13-15-23)28-20(3)31)18-25(32)24(16-21-10-8-7-9-11-21)29-26(33)36-27(4,5)6/h7-15,24-25,32H,1,16-18H2,2-6H3,(H,28,31)(H,29,33)/t24-,25+/m0/s1. The van der Waals surface area contributed by atoms with E-state index in [0.29, 0.717) is 11.3 Å². The molecular weight excluding hydrogens is 494 g/mol. The number of amides is 2. The predicted octanol–water partition coefficient (Wildman–Crippen LogP) is 3.71. The molecule has 0 aliphatic rings. The second-order valence-electron chi connectivity index (χ2n) is 9.97. The molecule has 0 saturated carbocycles. The number of ether oxygens (including phenoxy) is 1. The van der Waals surface area contributed by atoms with Gasteiger partial charge in [0.25, 0.3) is 0 Å². The van der Waals surface area contributed by atoms with Gasteiger partial charge in [-0.2, -0.15) is 4.31 Å². The SMILES string of the molecule is C=C(C)CN(C[C@@H](O)[C@H](Cc1ccccc1)NC(=O)OC(C)(C)C)S(=O)(=O)c1ccc(NC(C)=O)cc1. The second kappa shape index (κ2) is 12.8. The lowest BCUT2D eigenvalue weighted by molar-refractivity contribution is -0.114. The summed E-state index contributed by atoms with van der Waals surface area (Å²) in [5.41, 5.74) is 1.14. The summed E-state index contributed by atoms with van der Waals surface area (Å²) in [5, 5.41) is 16.5. The predicted molar refractivity (Wildman–Crippen MR) is 144 cm³/mol. The molecule has 2 aromatic rings. The van der Waals surface area contributed by atoms with Crippen molar-refractivity contribution >= 4 is 27.7 Å². The number of carbonyl (C=O) groups is 2. The van der Waals surface area contributed by atoms with Gasteiger partial charge in [-0.05, 0) is 63.9 Å². The van der Waals surface area contributed by atoms with Crippen LogP contribution in [0.15, 0.2) is 71.6 Å². The molecule has 0 aliphatic heterocycles. The Morgan fingerprint density at radius 3 is 2.16 bits per heavy atom. The topological polar surface area (TPSA) is 125 Å². The lowest BCUT2D eigenvalue weighted by Gasteiger charge is -2.30. The monoisotopic (exact) mass is 531 g/mol. The molecule has 202 valence electrons. The minimum Gasteiger partial charge on any atom is -0.444 e. The van der Waals surface area contributed by atoms with Crippen LogP contribution in [-0.4, -0.2) is 60.7 Å². The second-order valence-corrected chi connectivity index (χ2v) is 11.9. The van der Waals surface area contributed by atoms with Crippen LogP contribution in [0.1, 0.15) is 40.2 Å². The van der Waals surface area contributed by atoms with Crippen LogP contribution in [0, 0.1) is 0 Å². The number of anilines is 1. The molecule has 2 amide bonds. The number of sulfonamides is 1. The van der Waals surface area contributed by atoms with Gasteiger partial charge in [0.2, 0.25) is 15.9 Å². The highest BCUT2D eigenvalue weighted by molar-refractivity contribution is 7.89. The molecule has 2 rings (SSSR count). The Balaban J connectivity index is 2.32. The van der Waals surface area contributed by atoms with E-state index in [0.717, 1.165) is 9.87 Å². The first-order valence-electron chi connectivity index (χ1n) is 11.9. The molecule has 37 heavy (non-hydrogen) atoms. The molecule has 10 heteroatoms. The number of hydrogen-bond acceptors (Lipinski definition) is 6. The average Bonchev–Trinajstić information content (AvgIpc) is 2.77. The lowest BCUT2D eigenvalue weighted by Crippen LogP contribution is -2.51. The van der Waals surface area contributed by atoms with Gasteiger partial charge in [0.05, 0.1) is 17.0 Å². The van der Waals surface area contributed by atoms with Crippen LogP contribution in [0.5, 0.6) is 0 Å². The maximum absolute atomic E-state index is 13.5. The highest BCUT2D eigenvalue weighted by atomic mass is 32.2. The van der Waals surface area contributed by atoms with Gasteiger partial charge in [-0.1, -0.05) is 42.5 Å². The normalized spacial score (nSPS) is 13.5. The van der Waals surface area contributed by atoms with E-state index in [9.17, 15) is 23.1 Å². The van der Waals surface area contributed by atoms with Gasteiger partial charge < -0.3 is 20.5 Å². The Morgan fingerprint density at radius 2 is 1.65 bits per heavy atom. The zero-order valence-corrected chi connectivity index (χ0v) is 22.8. The third kappa shape index (κ3) is 9.99. The van der Waals surface area contributed by atoms with Crippen molar-refractivity contribution in [2.24, 2.45) is 0 Å². The highest BCUT2D eigenvalue weighted by Gasteiger charge is 2.31. The van der Waals surface area contributed by atoms with Gasteiger partial charge in [-0.25, -0.2) is 13.2 Å². The van der Waals surface area contributed by atoms with E-state index >= 15 is 0 Å². The van der Waals surface area contributed by atoms with Crippen LogP contribution < -0.4 is 10.6 Å². The molecule has 9 nitrogen and oxygen atoms in total. The zero-order chi connectivity index (χ0) is 27.8. The molecule has 0 unspecified atom stereocenters. The quantitative estimate of drug-likeness (QED) is 0.380. The summed E-state index contributed by atoms with van der Waals surface area (Å²) in [7, 11) is -4.04. The fraction of sp³-hybridized carbons (Fsp3) is 0.407. The fourth-order valence-corrected chi connectivity index (χ4v) is 5.07. The molecule has 0 aliphatic carbocycles. The van der Waals surface area contributed by atoms with Crippen molar-refractivity contribution in [3.05, 3.63) is 72.3 Å². The smallest absolute Gasteiger partial charge is 0.407 e. The van der Waals surface area contributed by atoms with Crippen molar-refractivity contribution in [2.75, 3.05) is 18.4 Å². The summed E-state index contributed by atoms with van der Waals surface area (Å²) in [6.45, 7) is 11.7. The summed E-state index contributed by atoms with van der Waals surface area (Å²) in [6, 6.07) is 14.2. The first-order chi connectivity index (χ1) is 17.2. The Kier molecular flexibility index (Phi) is 10.4. The minimum atomic E-state index is -4.04. The zero-order valence-electron chi connectivity index (χ0n) is 22.0. The van der Waals surface area contributed by atoms with Gasteiger partial charge in [-0.3, -0.25) is 4.79 Å². The van der Waals surface area contributed by atoms with E-state index < -0.39 is 33.9 Å². The maximum Gasteiger partial charge on any atom is 0.407 e. The van der Waals surface area contributed by atoms with Gasteiger partial charge in [0.1, 0.15) is 5.60 Å². The summed E-state index contributed by atoms with van der Waals surface area (Å²) in [6.07, 6.45) is -1.72. The van der Waals surface area contributed by atoms with E-state index in [2.05, 4.69) is 17.2 Å². The van der Waals surface area contributed by atoms with Crippen molar-refractivity contribution in [3.63, 3.8) is 0 Å². The first-order valence-corrected chi connectivity index (χ1v) is 13.3. The van der Waals surface area contributed by atoms with E-state index in [1.165, 1.54) is 31.2 Å². The lowest BCUT2D eigenvalue weighted by atomic mass is 10.0. The van der Waals surface area contributed by atoms with Crippen molar-refractivity contribution in [1.82, 2.24) is 9.62 Å². The van der Waals surface area contributed by atoms with E-state index in [4.69, 9.17) is 4.74 Å². The van der Waals surface area contributed by atoms with Gasteiger partial charge in [0, 0.05) is 25.7 Å². The molecule has 0 fully saturated rings. The molecule has 2 atom stereocenters. The summed E-state index contributed by atoms with van der Waals surface area (Å²) >= 11 is 0. The Bertz CT molecular complexity index is 1170. The summed E-state index contributed by atoms with van der Waals surface area (Å²) < 4.78 is 33.5. The number of nitrogens with one attached hydrogen (secondary N) is 2. The van der Waals surface area contributed by atoms with E-state index in [-0.39, 0.29) is 30.3 Å². The van der Waals surface area contributed by atoms with Crippen molar-refractivity contribution < 1.29 is 27.9 Å². The van der Waals surface area contributed by atoms with E-state index in [1.54, 1.807) is 27.7 Å². The highest BCUT2D eigenvalue weighted by Crippen LogP contribution is 2.21. The van der Waals surface area contributed by atoms with Crippen molar-refractivity contribution in [1.29, 1.82) is 0 Å². The van der Waals surface area contributed by atoms with Gasteiger partial charge >= 0.3 is 6.09 Å². The van der Waals surface area contributed by atoms with Crippen LogP contribution in [0.25, 0.3) is 0 Å². The average molecular weight is 532 g/mol. The summed E-state index contributed by atoms with van der Waals surface area (Å²) in [5.74, 6) is -0.274. The number of aliphatic hydroxyl groups excluding tert-OH is 1. The molecule has 3 N–H and O–H groups in total. The molecule has 2 aromatic carbocycles. The largest absolute Gasteiger partial charge is 0.444 e. The Labute approximate surface area is 219 Å². The molecular formula is C27H37N3O6S. The number of nitrogens with zero attached hydrogens (tertiary/aromatic N) is 1. The number of benzene rings is 2. The number of rotatable bonds is 11. The Morgan fingerprint density at radius 1 is 1.05 bits per heavy atom. The number of carbonyl (C=O) groups excluding carboxylic acids is 2. The van der Waals surface area contributed by atoms with Crippen LogP contribution in [0.2, 0.25) is 0 Å². The van der Waals surface area contributed by atoms with Crippen molar-refractivity contribution in [3.8, 4) is 0 Å². The van der Waals surface area contributed by atoms with Crippen LogP contribution >= 0.6 is 0 Å². The third-order valence-electron chi connectivity index (χ3n) is 5.11. The molecule has 0 radical (unpaired) electrons. The minimum absolute atomic E-state index is 0.00485. The van der Waals surface area contributed by atoms with Crippen LogP contribution in [0.3, 0.4) is 0 Å². The van der Waals surface area contributed by atoms with Crippen LogP contribution in [-0.2, 0) is 26.0 Å². The van der Waals surface area contributed by atoms with E-state index in [1.807, 2.05) is 30.3 Å². The van der Waals surface area contributed by atoms with Gasteiger partial charge in [0.15, 0.2) is 0 Å². The number of aliphatic hydroxyl groups is 1. The van der Waals surface area contributed by atoms with Crippen molar-refractivity contribution in [2.45, 2.75) is 63.7 Å². The number of hydrogen-bond donors (Lipinski definition) is 3. The first kappa shape index (κ1) is 30.0. The molecule has 0 saturated heterocycles. The Hall–Kier alpha value is -3.21. The molecule has 0 aromatic heterocycles. The van der Waals surface area contributed by atoms with Gasteiger partial charge in [-0.15, -0.1) is 0 Å². The fourth-order valence-electron chi connectivity index (χ4n) is 3.56. The maximum atomic E-state index is 13.5. The molecule has 0 spiro atoms. The molecule has 0 bridgehead atoms. The third-order valence-corrected chi connectivity index (χ3v) is 6.94.